The van der Waals surface area contributed by atoms with E-state index in [0.717, 1.165) is 19.4 Å². The molecule has 0 radical (unpaired) electrons. The van der Waals surface area contributed by atoms with Crippen molar-refractivity contribution in [2.24, 2.45) is 0 Å². The zero-order valence-electron chi connectivity index (χ0n) is 19.0. The van der Waals surface area contributed by atoms with Crippen molar-refractivity contribution in [1.29, 1.82) is 0 Å². The lowest BCUT2D eigenvalue weighted by Crippen LogP contribution is -2.66. The third kappa shape index (κ3) is 6.69. The molecule has 0 bridgehead atoms. The third-order valence-corrected chi connectivity index (χ3v) is 10.7. The Bertz CT molecular complexity index is 661. The van der Waals surface area contributed by atoms with Crippen LogP contribution in [0, 0.1) is 0 Å². The van der Waals surface area contributed by atoms with Gasteiger partial charge < -0.3 is 4.43 Å². The highest BCUT2D eigenvalue weighted by molar-refractivity contribution is 6.99. The second kappa shape index (κ2) is 12.1. The molecule has 1 nitrogen and oxygen atoms in total. The molecule has 0 aliphatic carbocycles. The molecule has 0 heterocycles. The highest BCUT2D eigenvalue weighted by atomic mass is 28.4. The van der Waals surface area contributed by atoms with Gasteiger partial charge >= 0.3 is 0 Å². The van der Waals surface area contributed by atoms with Gasteiger partial charge in [0.25, 0.3) is 8.32 Å². The van der Waals surface area contributed by atoms with Crippen molar-refractivity contribution in [2.45, 2.75) is 77.7 Å². The van der Waals surface area contributed by atoms with E-state index in [4.69, 9.17) is 4.43 Å². The van der Waals surface area contributed by atoms with Crippen LogP contribution in [-0.4, -0.2) is 14.9 Å². The van der Waals surface area contributed by atoms with E-state index in [2.05, 4.69) is 101 Å². The van der Waals surface area contributed by atoms with Gasteiger partial charge in [-0.15, -0.1) is 0 Å². The highest BCUT2D eigenvalue weighted by Crippen LogP contribution is 2.36. The molecule has 158 valence electrons. The van der Waals surface area contributed by atoms with Gasteiger partial charge in [0.1, 0.15) is 0 Å². The molecule has 0 aliphatic rings. The maximum Gasteiger partial charge on any atom is 0.261 e. The van der Waals surface area contributed by atoms with Crippen LogP contribution in [0.3, 0.4) is 0 Å². The molecule has 0 saturated heterocycles. The molecule has 2 aromatic rings. The summed E-state index contributed by atoms with van der Waals surface area (Å²) in [7, 11) is -2.36. The molecule has 0 amide bonds. The van der Waals surface area contributed by atoms with Gasteiger partial charge in [-0.3, -0.25) is 0 Å². The minimum atomic E-state index is -2.36. The standard InChI is InChI=1S/C27H40OSi/c1-5-6-7-8-9-10-11-12-19-24-28-29(27(2,3)4,25-20-15-13-16-21-25)26-22-17-14-18-23-26/h9-10,13-18,20-23H,5-8,11-12,19,24H2,1-4H3/b10-9-. The minimum absolute atomic E-state index is 0.0644. The second-order valence-corrected chi connectivity index (χ2v) is 13.3. The van der Waals surface area contributed by atoms with Gasteiger partial charge in [0.15, 0.2) is 0 Å². The molecule has 0 spiro atoms. The van der Waals surface area contributed by atoms with Gasteiger partial charge in [-0.25, -0.2) is 0 Å². The Hall–Kier alpha value is -1.64. The fourth-order valence-electron chi connectivity index (χ4n) is 4.10. The maximum absolute atomic E-state index is 6.94. The predicted octanol–water partition coefficient (Wildman–Crippen LogP) is 6.87. The topological polar surface area (TPSA) is 9.23 Å². The summed E-state index contributed by atoms with van der Waals surface area (Å²) in [5.74, 6) is 0. The molecule has 0 aromatic heterocycles. The van der Waals surface area contributed by atoms with Crippen LogP contribution < -0.4 is 10.4 Å². The molecule has 0 unspecified atom stereocenters. The van der Waals surface area contributed by atoms with Crippen LogP contribution in [0.5, 0.6) is 0 Å². The van der Waals surface area contributed by atoms with Crippen LogP contribution in [0.1, 0.15) is 72.6 Å². The van der Waals surface area contributed by atoms with Crippen LogP contribution in [0.15, 0.2) is 72.8 Å². The number of unbranched alkanes of at least 4 members (excludes halogenated alkanes) is 5. The molecule has 29 heavy (non-hydrogen) atoms. The first kappa shape index (κ1) is 23.6. The third-order valence-electron chi connectivity index (χ3n) is 5.64. The molecular formula is C27H40OSi. The van der Waals surface area contributed by atoms with Crippen molar-refractivity contribution >= 4 is 18.7 Å². The summed E-state index contributed by atoms with van der Waals surface area (Å²) in [6, 6.07) is 21.9. The van der Waals surface area contributed by atoms with Crippen molar-refractivity contribution in [3.63, 3.8) is 0 Å². The van der Waals surface area contributed by atoms with E-state index in [1.807, 2.05) is 0 Å². The van der Waals surface area contributed by atoms with E-state index >= 15 is 0 Å². The number of hydrogen-bond donors (Lipinski definition) is 0. The summed E-state index contributed by atoms with van der Waals surface area (Å²) >= 11 is 0. The van der Waals surface area contributed by atoms with Crippen LogP contribution >= 0.6 is 0 Å². The second-order valence-electron chi connectivity index (χ2n) is 8.97. The van der Waals surface area contributed by atoms with E-state index in [0.29, 0.717) is 0 Å². The van der Waals surface area contributed by atoms with Crippen LogP contribution in [-0.2, 0) is 4.43 Å². The molecule has 0 fully saturated rings. The van der Waals surface area contributed by atoms with Crippen molar-refractivity contribution in [3.8, 4) is 0 Å². The number of allylic oxidation sites excluding steroid dienone is 2. The average molecular weight is 409 g/mol. The fraction of sp³-hybridized carbons (Fsp3) is 0.481. The summed E-state index contributed by atoms with van der Waals surface area (Å²) < 4.78 is 6.94. The molecule has 0 saturated carbocycles. The zero-order chi connectivity index (χ0) is 21.0. The predicted molar refractivity (Wildman–Crippen MR) is 131 cm³/mol. The SMILES string of the molecule is CCCCC/C=C\CCCCO[Si](c1ccccc1)(c1ccccc1)C(C)(C)C. The Morgan fingerprint density at radius 3 is 1.66 bits per heavy atom. The smallest absolute Gasteiger partial charge is 0.261 e. The molecular weight excluding hydrogens is 368 g/mol. The first-order valence-corrected chi connectivity index (χ1v) is 13.3. The average Bonchev–Trinajstić information content (AvgIpc) is 2.72. The number of rotatable bonds is 12. The maximum atomic E-state index is 6.94. The van der Waals surface area contributed by atoms with Crippen molar-refractivity contribution in [1.82, 2.24) is 0 Å². The van der Waals surface area contributed by atoms with Crippen LogP contribution in [0.4, 0.5) is 0 Å². The van der Waals surface area contributed by atoms with Crippen molar-refractivity contribution in [2.75, 3.05) is 6.61 Å². The van der Waals surface area contributed by atoms with Gasteiger partial charge in [0.05, 0.1) is 0 Å². The monoisotopic (exact) mass is 408 g/mol. The molecule has 0 atom stereocenters. The molecule has 0 N–H and O–H groups in total. The zero-order valence-corrected chi connectivity index (χ0v) is 20.0. The summed E-state index contributed by atoms with van der Waals surface area (Å²) in [6.45, 7) is 10.1. The van der Waals surface area contributed by atoms with E-state index in [9.17, 15) is 0 Å². The Labute approximate surface area is 180 Å². The Kier molecular flexibility index (Phi) is 9.90. The summed E-state index contributed by atoms with van der Waals surface area (Å²) in [6.07, 6.45) is 13.4. The summed E-state index contributed by atoms with van der Waals surface area (Å²) in [5.41, 5.74) is 0. The lowest BCUT2D eigenvalue weighted by atomic mass is 10.2. The van der Waals surface area contributed by atoms with Crippen LogP contribution in [0.25, 0.3) is 0 Å². The number of hydrogen-bond acceptors (Lipinski definition) is 1. The minimum Gasteiger partial charge on any atom is -0.407 e. The highest BCUT2D eigenvalue weighted by Gasteiger charge is 2.49. The molecule has 2 aromatic carbocycles. The molecule has 0 aliphatic heterocycles. The van der Waals surface area contributed by atoms with Gasteiger partial charge in [-0.1, -0.05) is 113 Å². The Morgan fingerprint density at radius 1 is 0.724 bits per heavy atom. The summed E-state index contributed by atoms with van der Waals surface area (Å²) in [4.78, 5) is 0. The lowest BCUT2D eigenvalue weighted by molar-refractivity contribution is 0.289. The lowest BCUT2D eigenvalue weighted by Gasteiger charge is -2.43. The van der Waals surface area contributed by atoms with E-state index in [1.54, 1.807) is 0 Å². The van der Waals surface area contributed by atoms with Crippen molar-refractivity contribution in [3.05, 3.63) is 72.8 Å². The summed E-state index contributed by atoms with van der Waals surface area (Å²) in [5, 5.41) is 2.80. The van der Waals surface area contributed by atoms with Gasteiger partial charge in [-0.2, -0.15) is 0 Å². The first-order chi connectivity index (χ1) is 14.0. The Balaban J connectivity index is 2.06. The normalized spacial score (nSPS) is 12.6. The van der Waals surface area contributed by atoms with Gasteiger partial charge in [-0.05, 0) is 47.5 Å². The largest absolute Gasteiger partial charge is 0.407 e. The van der Waals surface area contributed by atoms with E-state index < -0.39 is 8.32 Å². The van der Waals surface area contributed by atoms with E-state index in [-0.39, 0.29) is 5.04 Å². The molecule has 2 rings (SSSR count). The van der Waals surface area contributed by atoms with Crippen molar-refractivity contribution < 1.29 is 4.43 Å². The van der Waals surface area contributed by atoms with E-state index in [1.165, 1.54) is 42.5 Å². The fourth-order valence-corrected chi connectivity index (χ4v) is 8.70. The quantitative estimate of drug-likeness (QED) is 0.211. The van der Waals surface area contributed by atoms with Gasteiger partial charge in [0, 0.05) is 6.61 Å². The van der Waals surface area contributed by atoms with Crippen LogP contribution in [0.2, 0.25) is 5.04 Å². The molecule has 2 heteroatoms. The first-order valence-electron chi connectivity index (χ1n) is 11.4. The Morgan fingerprint density at radius 2 is 1.21 bits per heavy atom. The van der Waals surface area contributed by atoms with Gasteiger partial charge in [0.2, 0.25) is 0 Å². The number of benzene rings is 2.